The Kier molecular flexibility index (Phi) is 6.59. The normalized spacial score (nSPS) is 17.1. The number of likely N-dealkylation sites (tertiary alicyclic amines) is 1. The van der Waals surface area contributed by atoms with Crippen molar-refractivity contribution in [1.82, 2.24) is 20.2 Å². The molecule has 2 N–H and O–H groups in total. The highest BCUT2D eigenvalue weighted by atomic mass is 35.5. The van der Waals surface area contributed by atoms with Crippen LogP contribution in [0.3, 0.4) is 0 Å². The Balaban J connectivity index is 0.00000225. The second kappa shape index (κ2) is 8.29. The summed E-state index contributed by atoms with van der Waals surface area (Å²) >= 11 is 1.54. The van der Waals surface area contributed by atoms with Gasteiger partial charge in [0.2, 0.25) is 5.91 Å². The Morgan fingerprint density at radius 1 is 1.44 bits per heavy atom. The van der Waals surface area contributed by atoms with Gasteiger partial charge in [-0.25, -0.2) is 4.98 Å². The second-order valence-electron chi connectivity index (χ2n) is 6.53. The number of halogens is 1. The molecule has 1 amide bonds. The molecule has 0 bridgehead atoms. The molecule has 0 aliphatic carbocycles. The molecular weight excluding hydrogens is 360 g/mol. The number of rotatable bonds is 5. The van der Waals surface area contributed by atoms with Gasteiger partial charge in [0.25, 0.3) is 5.56 Å². The van der Waals surface area contributed by atoms with Gasteiger partial charge in [-0.3, -0.25) is 9.59 Å². The van der Waals surface area contributed by atoms with Crippen LogP contribution >= 0.6 is 23.7 Å². The van der Waals surface area contributed by atoms with Crippen LogP contribution < -0.4 is 10.9 Å². The number of amides is 1. The number of nitrogens with one attached hydrogen (secondary N) is 2. The fraction of sp³-hybridized carbons (Fsp3) is 0.588. The van der Waals surface area contributed by atoms with E-state index < -0.39 is 0 Å². The van der Waals surface area contributed by atoms with E-state index in [-0.39, 0.29) is 23.9 Å². The summed E-state index contributed by atoms with van der Waals surface area (Å²) in [4.78, 5) is 35.8. The Morgan fingerprint density at radius 3 is 2.92 bits per heavy atom. The van der Waals surface area contributed by atoms with Crippen molar-refractivity contribution in [3.8, 4) is 0 Å². The number of nitrogens with zero attached hydrogens (tertiary/aromatic N) is 2. The summed E-state index contributed by atoms with van der Waals surface area (Å²) in [5.41, 5.74) is 0.901. The van der Waals surface area contributed by atoms with Crippen molar-refractivity contribution in [2.45, 2.75) is 33.1 Å². The zero-order chi connectivity index (χ0) is 17.3. The van der Waals surface area contributed by atoms with Gasteiger partial charge in [0.05, 0.1) is 5.39 Å². The Morgan fingerprint density at radius 2 is 2.20 bits per heavy atom. The monoisotopic (exact) mass is 384 g/mol. The lowest BCUT2D eigenvalue weighted by molar-refractivity contribution is -0.130. The lowest BCUT2D eigenvalue weighted by atomic mass is 10.1. The van der Waals surface area contributed by atoms with E-state index in [9.17, 15) is 9.59 Å². The van der Waals surface area contributed by atoms with Gasteiger partial charge in [0.15, 0.2) is 0 Å². The Bertz CT molecular complexity index is 817. The third kappa shape index (κ3) is 4.22. The summed E-state index contributed by atoms with van der Waals surface area (Å²) in [5, 5.41) is 3.85. The van der Waals surface area contributed by atoms with Crippen LogP contribution in [0.15, 0.2) is 4.79 Å². The van der Waals surface area contributed by atoms with E-state index in [1.807, 2.05) is 25.8 Å². The van der Waals surface area contributed by atoms with E-state index in [0.29, 0.717) is 30.0 Å². The van der Waals surface area contributed by atoms with E-state index >= 15 is 0 Å². The number of H-pyrrole nitrogens is 1. The first-order valence-corrected chi connectivity index (χ1v) is 9.22. The van der Waals surface area contributed by atoms with Gasteiger partial charge in [-0.1, -0.05) is 0 Å². The third-order valence-corrected chi connectivity index (χ3v) is 5.90. The summed E-state index contributed by atoms with van der Waals surface area (Å²) in [5.74, 6) is 1.30. The van der Waals surface area contributed by atoms with Gasteiger partial charge >= 0.3 is 0 Å². The maximum absolute atomic E-state index is 12.4. The van der Waals surface area contributed by atoms with Gasteiger partial charge in [0.1, 0.15) is 10.7 Å². The molecule has 1 atom stereocenters. The highest BCUT2D eigenvalue weighted by Crippen LogP contribution is 2.25. The maximum atomic E-state index is 12.4. The maximum Gasteiger partial charge on any atom is 0.259 e. The van der Waals surface area contributed by atoms with E-state index in [1.54, 1.807) is 0 Å². The smallest absolute Gasteiger partial charge is 0.259 e. The first kappa shape index (κ1) is 19.9. The van der Waals surface area contributed by atoms with E-state index in [4.69, 9.17) is 0 Å². The molecule has 2 aromatic heterocycles. The molecule has 1 aliphatic rings. The molecule has 1 saturated heterocycles. The van der Waals surface area contributed by atoms with Gasteiger partial charge in [-0.15, -0.1) is 23.7 Å². The highest BCUT2D eigenvalue weighted by molar-refractivity contribution is 7.18. The summed E-state index contributed by atoms with van der Waals surface area (Å²) in [6, 6.07) is 0. The number of carbonyl (C=O) groups excluding carboxylic acids is 1. The van der Waals surface area contributed by atoms with Crippen LogP contribution in [0.4, 0.5) is 0 Å². The molecule has 6 nitrogen and oxygen atoms in total. The van der Waals surface area contributed by atoms with Crippen LogP contribution in [0.5, 0.6) is 0 Å². The highest BCUT2D eigenvalue weighted by Gasteiger charge is 2.25. The summed E-state index contributed by atoms with van der Waals surface area (Å²) in [6.45, 7) is 6.55. The van der Waals surface area contributed by atoms with Crippen molar-refractivity contribution in [1.29, 1.82) is 0 Å². The topological polar surface area (TPSA) is 78.1 Å². The second-order valence-corrected chi connectivity index (χ2v) is 7.73. The number of fused-ring (bicyclic) bond motifs is 1. The number of hydrogen-bond acceptors (Lipinski definition) is 5. The third-order valence-electron chi connectivity index (χ3n) is 4.80. The van der Waals surface area contributed by atoms with Crippen molar-refractivity contribution in [2.75, 3.05) is 26.7 Å². The summed E-state index contributed by atoms with van der Waals surface area (Å²) in [7, 11) is 1.94. The summed E-state index contributed by atoms with van der Waals surface area (Å²) in [6.07, 6.45) is 1.93. The number of aryl methyl sites for hydroxylation is 3. The average Bonchev–Trinajstić information content (AvgIpc) is 3.11. The van der Waals surface area contributed by atoms with E-state index in [1.165, 1.54) is 11.3 Å². The molecule has 0 aromatic carbocycles. The molecular formula is C17H25ClN4O2S. The minimum atomic E-state index is -0.0976. The predicted molar refractivity (Wildman–Crippen MR) is 104 cm³/mol. The lowest BCUT2D eigenvalue weighted by Crippen LogP contribution is -2.30. The SMILES string of the molecule is CNCC1CCN(C(=O)CCc2nc3sc(C)c(C)c3c(=O)[nH]2)C1.Cl. The van der Waals surface area contributed by atoms with Crippen LogP contribution in [-0.4, -0.2) is 47.5 Å². The average molecular weight is 385 g/mol. The molecule has 1 aliphatic heterocycles. The molecule has 0 radical (unpaired) electrons. The first-order valence-electron chi connectivity index (χ1n) is 8.41. The van der Waals surface area contributed by atoms with Crippen molar-refractivity contribution >= 4 is 39.9 Å². The molecule has 138 valence electrons. The largest absolute Gasteiger partial charge is 0.342 e. The molecule has 8 heteroatoms. The zero-order valence-electron chi connectivity index (χ0n) is 14.8. The molecule has 3 rings (SSSR count). The van der Waals surface area contributed by atoms with Crippen molar-refractivity contribution in [3.05, 3.63) is 26.6 Å². The van der Waals surface area contributed by atoms with Crippen LogP contribution in [0.2, 0.25) is 0 Å². The first-order chi connectivity index (χ1) is 11.5. The molecule has 1 fully saturated rings. The quantitative estimate of drug-likeness (QED) is 0.826. The summed E-state index contributed by atoms with van der Waals surface area (Å²) < 4.78 is 0. The minimum Gasteiger partial charge on any atom is -0.342 e. The molecule has 3 heterocycles. The van der Waals surface area contributed by atoms with Gasteiger partial charge in [0, 0.05) is 30.8 Å². The lowest BCUT2D eigenvalue weighted by Gasteiger charge is -2.16. The molecule has 2 aromatic rings. The Labute approximate surface area is 157 Å². The van der Waals surface area contributed by atoms with Gasteiger partial charge in [-0.05, 0) is 45.3 Å². The molecule has 0 spiro atoms. The van der Waals surface area contributed by atoms with Gasteiger partial charge < -0.3 is 15.2 Å². The fourth-order valence-corrected chi connectivity index (χ4v) is 4.36. The number of aromatic nitrogens is 2. The van der Waals surface area contributed by atoms with Crippen LogP contribution in [-0.2, 0) is 11.2 Å². The van der Waals surface area contributed by atoms with Crippen LogP contribution in [0.1, 0.15) is 29.1 Å². The van der Waals surface area contributed by atoms with Crippen molar-refractivity contribution in [2.24, 2.45) is 5.92 Å². The van der Waals surface area contributed by atoms with Crippen molar-refractivity contribution < 1.29 is 4.79 Å². The zero-order valence-corrected chi connectivity index (χ0v) is 16.5. The Hall–Kier alpha value is -1.44. The fourth-order valence-electron chi connectivity index (χ4n) is 3.32. The van der Waals surface area contributed by atoms with Crippen LogP contribution in [0, 0.1) is 19.8 Å². The molecule has 1 unspecified atom stereocenters. The van der Waals surface area contributed by atoms with E-state index in [0.717, 1.165) is 41.3 Å². The molecule has 25 heavy (non-hydrogen) atoms. The van der Waals surface area contributed by atoms with Crippen molar-refractivity contribution in [3.63, 3.8) is 0 Å². The van der Waals surface area contributed by atoms with Gasteiger partial charge in [-0.2, -0.15) is 0 Å². The standard InChI is InChI=1S/C17H24N4O2S.ClH/c1-10-11(2)24-17-15(10)16(23)19-13(20-17)4-5-14(22)21-7-6-12(9-21)8-18-3;/h12,18H,4-9H2,1-3H3,(H,19,20,23);1H. The predicted octanol–water partition coefficient (Wildman–Crippen LogP) is 2.02. The minimum absolute atomic E-state index is 0. The number of thiophene rings is 1. The number of carbonyl (C=O) groups is 1. The molecule has 0 saturated carbocycles. The number of aromatic amines is 1. The van der Waals surface area contributed by atoms with Crippen LogP contribution in [0.25, 0.3) is 10.2 Å². The van der Waals surface area contributed by atoms with E-state index in [2.05, 4.69) is 15.3 Å². The number of hydrogen-bond donors (Lipinski definition) is 2.